The fourth-order valence-corrected chi connectivity index (χ4v) is 4.88. The number of carbonyl (C=O) groups excluding carboxylic acids is 3. The number of hydrogen-bond donors (Lipinski definition) is 3. The van der Waals surface area contributed by atoms with Gasteiger partial charge in [0.1, 0.15) is 12.4 Å². The molecule has 3 aromatic rings. The van der Waals surface area contributed by atoms with Crippen LogP contribution in [0.15, 0.2) is 83.1 Å². The summed E-state index contributed by atoms with van der Waals surface area (Å²) >= 11 is 5.32. The van der Waals surface area contributed by atoms with Gasteiger partial charge >= 0.3 is 11.9 Å². The van der Waals surface area contributed by atoms with Crippen molar-refractivity contribution in [2.75, 3.05) is 26.9 Å². The third-order valence-corrected chi connectivity index (χ3v) is 7.02. The van der Waals surface area contributed by atoms with Crippen molar-refractivity contribution in [2.24, 2.45) is 5.10 Å². The lowest BCUT2D eigenvalue weighted by atomic mass is 9.95. The maximum absolute atomic E-state index is 12.8. The number of hydrogen-bond acceptors (Lipinski definition) is 10. The number of ether oxygens (including phenoxy) is 5. The number of amides is 1. The molecule has 0 aromatic heterocycles. The molecular formula is C34H36N4O8S. The Morgan fingerprint density at radius 1 is 0.915 bits per heavy atom. The number of nitrogens with one attached hydrogen (secondary N) is 3. The van der Waals surface area contributed by atoms with Crippen LogP contribution >= 0.6 is 12.2 Å². The van der Waals surface area contributed by atoms with Crippen molar-refractivity contribution in [3.05, 3.63) is 100 Å². The van der Waals surface area contributed by atoms with E-state index in [1.54, 1.807) is 87.5 Å². The summed E-state index contributed by atoms with van der Waals surface area (Å²) in [6.07, 6.45) is 1.46. The van der Waals surface area contributed by atoms with Gasteiger partial charge in [0.05, 0.1) is 43.7 Å². The van der Waals surface area contributed by atoms with Crippen molar-refractivity contribution in [1.29, 1.82) is 0 Å². The molecule has 0 fully saturated rings. The number of para-hydroxylation sites is 1. The highest BCUT2D eigenvalue weighted by Crippen LogP contribution is 2.33. The molecule has 1 atom stereocenters. The first-order valence-corrected chi connectivity index (χ1v) is 15.2. The Bertz CT molecular complexity index is 1670. The van der Waals surface area contributed by atoms with Crippen LogP contribution in [0.2, 0.25) is 0 Å². The number of esters is 2. The number of methoxy groups -OCH3 is 1. The molecule has 0 saturated heterocycles. The van der Waals surface area contributed by atoms with Gasteiger partial charge in [-0.1, -0.05) is 30.3 Å². The third-order valence-electron chi connectivity index (χ3n) is 6.80. The summed E-state index contributed by atoms with van der Waals surface area (Å²) in [6, 6.07) is 18.6. The molecular weight excluding hydrogens is 624 g/mol. The monoisotopic (exact) mass is 660 g/mol. The van der Waals surface area contributed by atoms with Crippen LogP contribution in [-0.4, -0.2) is 56.1 Å². The zero-order valence-corrected chi connectivity index (χ0v) is 27.3. The summed E-state index contributed by atoms with van der Waals surface area (Å²) in [5.74, 6) is 0.0120. The van der Waals surface area contributed by atoms with Crippen LogP contribution in [0.5, 0.6) is 17.2 Å². The molecule has 0 radical (unpaired) electrons. The molecule has 1 aliphatic rings. The standard InChI is InChI=1S/C34H36N4O8S/c1-5-43-32(40)24-14-11-22(12-15-24)19-45-27-16-13-23(17-28(27)42-4)18-35-38-29(39)20-46-26-10-8-7-9-25(26)31-30(33(41)44-6-2)21(3)36-34(47)37-31/h7-18,31H,5-6,19-20H2,1-4H3,(H,38,39)(H2,36,37,47)/t31-/m1/s1. The summed E-state index contributed by atoms with van der Waals surface area (Å²) < 4.78 is 27.5. The Hall–Kier alpha value is -5.43. The summed E-state index contributed by atoms with van der Waals surface area (Å²) in [6.45, 7) is 5.68. The van der Waals surface area contributed by atoms with Gasteiger partial charge in [0.25, 0.3) is 5.91 Å². The summed E-state index contributed by atoms with van der Waals surface area (Å²) in [5.41, 5.74) is 5.97. The minimum absolute atomic E-state index is 0.214. The molecule has 4 rings (SSSR count). The van der Waals surface area contributed by atoms with Crippen LogP contribution in [0.3, 0.4) is 0 Å². The SMILES string of the molecule is CCOC(=O)C1=C(C)NC(=S)N[C@@H]1c1ccccc1OCC(=O)NN=Cc1ccc(OCc2ccc(C(=O)OCC)cc2)c(OC)c1. The first kappa shape index (κ1) is 34.4. The van der Waals surface area contributed by atoms with Crippen molar-refractivity contribution < 1.29 is 38.1 Å². The molecule has 1 amide bonds. The van der Waals surface area contributed by atoms with E-state index in [2.05, 4.69) is 21.2 Å². The molecule has 1 heterocycles. The zero-order valence-electron chi connectivity index (χ0n) is 26.5. The van der Waals surface area contributed by atoms with E-state index in [1.165, 1.54) is 13.3 Å². The highest BCUT2D eigenvalue weighted by Gasteiger charge is 2.32. The van der Waals surface area contributed by atoms with E-state index in [-0.39, 0.29) is 25.8 Å². The zero-order chi connectivity index (χ0) is 33.8. The lowest BCUT2D eigenvalue weighted by Gasteiger charge is -2.30. The largest absolute Gasteiger partial charge is 0.493 e. The average Bonchev–Trinajstić information content (AvgIpc) is 3.06. The van der Waals surface area contributed by atoms with Gasteiger partial charge in [-0.25, -0.2) is 15.0 Å². The Balaban J connectivity index is 1.34. The molecule has 1 aliphatic heterocycles. The second kappa shape index (κ2) is 16.8. The van der Waals surface area contributed by atoms with E-state index in [9.17, 15) is 14.4 Å². The molecule has 47 heavy (non-hydrogen) atoms. The van der Waals surface area contributed by atoms with Gasteiger partial charge in [-0.2, -0.15) is 5.10 Å². The lowest BCUT2D eigenvalue weighted by Crippen LogP contribution is -2.45. The normalized spacial score (nSPS) is 14.1. The van der Waals surface area contributed by atoms with Gasteiger partial charge < -0.3 is 34.3 Å². The van der Waals surface area contributed by atoms with E-state index in [4.69, 9.17) is 35.9 Å². The first-order chi connectivity index (χ1) is 22.7. The van der Waals surface area contributed by atoms with Crippen LogP contribution in [-0.2, 0) is 25.7 Å². The smallest absolute Gasteiger partial charge is 0.338 e. The summed E-state index contributed by atoms with van der Waals surface area (Å²) in [5, 5.41) is 10.4. The second-order valence-electron chi connectivity index (χ2n) is 10.0. The summed E-state index contributed by atoms with van der Waals surface area (Å²) in [4.78, 5) is 37.2. The summed E-state index contributed by atoms with van der Waals surface area (Å²) in [7, 11) is 1.52. The van der Waals surface area contributed by atoms with Gasteiger partial charge in [-0.3, -0.25) is 4.79 Å². The Labute approximate surface area is 278 Å². The topological polar surface area (TPSA) is 146 Å². The van der Waals surface area contributed by atoms with Crippen LogP contribution in [0.1, 0.15) is 53.9 Å². The fraction of sp³-hybridized carbons (Fsp3) is 0.265. The Morgan fingerprint density at radius 2 is 1.64 bits per heavy atom. The van der Waals surface area contributed by atoms with Gasteiger partial charge in [-0.15, -0.1) is 0 Å². The molecule has 12 nitrogen and oxygen atoms in total. The van der Waals surface area contributed by atoms with Gasteiger partial charge in [0, 0.05) is 11.3 Å². The van der Waals surface area contributed by atoms with E-state index >= 15 is 0 Å². The van der Waals surface area contributed by atoms with E-state index < -0.39 is 17.9 Å². The number of rotatable bonds is 14. The molecule has 0 spiro atoms. The predicted molar refractivity (Wildman–Crippen MR) is 178 cm³/mol. The van der Waals surface area contributed by atoms with Crippen molar-refractivity contribution >= 4 is 41.4 Å². The van der Waals surface area contributed by atoms with Gasteiger partial charge in [0.2, 0.25) is 0 Å². The number of nitrogens with zero attached hydrogens (tertiary/aromatic N) is 1. The number of benzene rings is 3. The molecule has 3 aromatic carbocycles. The molecule has 0 aliphatic carbocycles. The molecule has 3 N–H and O–H groups in total. The Kier molecular flexibility index (Phi) is 12.3. The molecule has 0 saturated carbocycles. The highest BCUT2D eigenvalue weighted by atomic mass is 32.1. The number of hydrazone groups is 1. The first-order valence-electron chi connectivity index (χ1n) is 14.8. The van der Waals surface area contributed by atoms with Gasteiger partial charge in [0.15, 0.2) is 23.2 Å². The number of thiocarbonyl (C=S) groups is 1. The van der Waals surface area contributed by atoms with Crippen LogP contribution in [0.4, 0.5) is 0 Å². The quantitative estimate of drug-likeness (QED) is 0.0983. The van der Waals surface area contributed by atoms with Crippen LogP contribution in [0, 0.1) is 0 Å². The molecule has 246 valence electrons. The van der Waals surface area contributed by atoms with E-state index in [0.29, 0.717) is 56.9 Å². The fourth-order valence-electron chi connectivity index (χ4n) is 4.61. The maximum atomic E-state index is 12.8. The van der Waals surface area contributed by atoms with Crippen molar-refractivity contribution in [3.63, 3.8) is 0 Å². The predicted octanol–water partition coefficient (Wildman–Crippen LogP) is 4.34. The minimum atomic E-state index is -0.640. The number of carbonyl (C=O) groups is 3. The van der Waals surface area contributed by atoms with Crippen molar-refractivity contribution in [1.82, 2.24) is 16.1 Å². The molecule has 13 heteroatoms. The maximum Gasteiger partial charge on any atom is 0.338 e. The van der Waals surface area contributed by atoms with Crippen molar-refractivity contribution in [2.45, 2.75) is 33.4 Å². The van der Waals surface area contributed by atoms with Gasteiger partial charge in [-0.05, 0) is 80.5 Å². The average molecular weight is 661 g/mol. The molecule has 0 bridgehead atoms. The minimum Gasteiger partial charge on any atom is -0.493 e. The highest BCUT2D eigenvalue weighted by molar-refractivity contribution is 7.80. The third kappa shape index (κ3) is 9.30. The van der Waals surface area contributed by atoms with E-state index in [1.807, 2.05) is 0 Å². The lowest BCUT2D eigenvalue weighted by molar-refractivity contribution is -0.139. The number of allylic oxidation sites excluding steroid dienone is 1. The van der Waals surface area contributed by atoms with Crippen molar-refractivity contribution in [3.8, 4) is 17.2 Å². The Morgan fingerprint density at radius 3 is 2.36 bits per heavy atom. The van der Waals surface area contributed by atoms with E-state index in [0.717, 1.165) is 5.56 Å². The van der Waals surface area contributed by atoms with Crippen LogP contribution < -0.4 is 30.3 Å². The molecule has 0 unspecified atom stereocenters. The second-order valence-corrected chi connectivity index (χ2v) is 10.4. The van der Waals surface area contributed by atoms with Crippen LogP contribution in [0.25, 0.3) is 0 Å².